The summed E-state index contributed by atoms with van der Waals surface area (Å²) < 4.78 is 32.9. The van der Waals surface area contributed by atoms with E-state index in [9.17, 15) is 0 Å². The molecular formula is C27H31FN4O3. The summed E-state index contributed by atoms with van der Waals surface area (Å²) in [5, 5.41) is 1.08. The summed E-state index contributed by atoms with van der Waals surface area (Å²) in [7, 11) is 1.59. The lowest BCUT2D eigenvalue weighted by atomic mass is 10.1. The van der Waals surface area contributed by atoms with E-state index in [1.54, 1.807) is 31.4 Å². The molecule has 1 fully saturated rings. The van der Waals surface area contributed by atoms with E-state index in [4.69, 9.17) is 14.2 Å². The summed E-state index contributed by atoms with van der Waals surface area (Å²) in [6.07, 6.45) is 3.67. The monoisotopic (exact) mass is 478 g/mol. The highest BCUT2D eigenvalue weighted by Gasteiger charge is 2.33. The van der Waals surface area contributed by atoms with Gasteiger partial charge in [-0.25, -0.2) is 14.4 Å². The van der Waals surface area contributed by atoms with Crippen molar-refractivity contribution in [2.45, 2.75) is 52.1 Å². The second-order valence-corrected chi connectivity index (χ2v) is 10.1. The Bertz CT molecular complexity index is 1380. The molecule has 4 aromatic rings. The third-order valence-electron chi connectivity index (χ3n) is 6.60. The first kappa shape index (κ1) is 23.4. The van der Waals surface area contributed by atoms with Gasteiger partial charge in [0.25, 0.3) is 0 Å². The van der Waals surface area contributed by atoms with Crippen LogP contribution in [0.25, 0.3) is 21.8 Å². The maximum atomic E-state index is 15.1. The van der Waals surface area contributed by atoms with Crippen molar-refractivity contribution in [2.24, 2.45) is 0 Å². The van der Waals surface area contributed by atoms with E-state index in [-0.39, 0.29) is 17.2 Å². The lowest BCUT2D eigenvalue weighted by Gasteiger charge is -2.36. The van der Waals surface area contributed by atoms with Gasteiger partial charge in [0.05, 0.1) is 18.0 Å². The number of halogens is 1. The minimum atomic E-state index is -0.439. The number of likely N-dealkylation sites (tertiary alicyclic amines) is 1. The predicted octanol–water partition coefficient (Wildman–Crippen LogP) is 6.00. The number of benzene rings is 2. The number of aryl methyl sites for hydroxylation is 1. The van der Waals surface area contributed by atoms with Crippen LogP contribution in [0.2, 0.25) is 0 Å². The van der Waals surface area contributed by atoms with E-state index in [0.717, 1.165) is 24.2 Å². The molecule has 5 rings (SSSR count). The van der Waals surface area contributed by atoms with E-state index in [1.807, 2.05) is 13.0 Å². The first-order valence-corrected chi connectivity index (χ1v) is 11.9. The van der Waals surface area contributed by atoms with Gasteiger partial charge in [-0.1, -0.05) is 0 Å². The highest BCUT2D eigenvalue weighted by atomic mass is 19.1. The van der Waals surface area contributed by atoms with E-state index < -0.39 is 5.82 Å². The van der Waals surface area contributed by atoms with E-state index in [2.05, 4.69) is 40.6 Å². The largest absolute Gasteiger partial charge is 0.493 e. The summed E-state index contributed by atoms with van der Waals surface area (Å²) in [4.78, 5) is 14.3. The van der Waals surface area contributed by atoms with Gasteiger partial charge >= 0.3 is 0 Å². The zero-order valence-corrected chi connectivity index (χ0v) is 20.8. The Labute approximate surface area is 204 Å². The minimum Gasteiger partial charge on any atom is -0.493 e. The van der Waals surface area contributed by atoms with E-state index >= 15 is 4.39 Å². The van der Waals surface area contributed by atoms with Gasteiger partial charge < -0.3 is 19.2 Å². The third-order valence-corrected chi connectivity index (χ3v) is 6.60. The maximum Gasteiger partial charge on any atom is 0.230 e. The summed E-state index contributed by atoms with van der Waals surface area (Å²) in [5.74, 6) is 1.07. The Morgan fingerprint density at radius 1 is 1.09 bits per heavy atom. The normalized spacial score (nSPS) is 16.8. The number of methoxy groups -OCH3 is 1. The molecule has 3 heterocycles. The number of aromatic nitrogens is 3. The molecule has 1 N–H and O–H groups in total. The first-order valence-electron chi connectivity index (χ1n) is 11.9. The molecule has 8 heteroatoms. The van der Waals surface area contributed by atoms with Crippen molar-refractivity contribution in [3.05, 3.63) is 48.2 Å². The summed E-state index contributed by atoms with van der Waals surface area (Å²) >= 11 is 0. The SMILES string of the molecule is COc1cc2c(Oc3ccc4[nH]c(C)cc4c3F)ncnc2cc1OC[C@H]1CCCN1C(C)(C)C. The standard InChI is InChI=1S/C27H31FN4O3/c1-16-11-18-20(31-16)8-9-22(25(18)28)35-26-19-12-23(33-5)24(13-21(19)29-15-30-26)34-14-17-7-6-10-32(17)27(2,3)4/h8-9,11-13,15,17,31H,6-7,10,14H2,1-5H3/t17-/m1/s1. The fourth-order valence-electron chi connectivity index (χ4n) is 4.94. The predicted molar refractivity (Wildman–Crippen MR) is 134 cm³/mol. The molecule has 0 spiro atoms. The number of fused-ring (bicyclic) bond motifs is 2. The van der Waals surface area contributed by atoms with Gasteiger partial charge in [0.1, 0.15) is 12.9 Å². The average molecular weight is 479 g/mol. The Hall–Kier alpha value is -3.39. The van der Waals surface area contributed by atoms with Crippen LogP contribution in [-0.2, 0) is 0 Å². The van der Waals surface area contributed by atoms with Crippen molar-refractivity contribution < 1.29 is 18.6 Å². The lowest BCUT2D eigenvalue weighted by molar-refractivity contribution is 0.0869. The Balaban J connectivity index is 1.43. The number of rotatable bonds is 6. The van der Waals surface area contributed by atoms with Crippen molar-refractivity contribution in [3.63, 3.8) is 0 Å². The number of nitrogens with one attached hydrogen (secondary N) is 1. The summed E-state index contributed by atoms with van der Waals surface area (Å²) in [6, 6.07) is 9.10. The van der Waals surface area contributed by atoms with Crippen LogP contribution in [0.3, 0.4) is 0 Å². The molecule has 1 atom stereocenters. The van der Waals surface area contributed by atoms with Gasteiger partial charge in [-0.3, -0.25) is 4.90 Å². The van der Waals surface area contributed by atoms with Crippen LogP contribution in [0.15, 0.2) is 36.7 Å². The molecule has 0 aliphatic carbocycles. The minimum absolute atomic E-state index is 0.0921. The topological polar surface area (TPSA) is 72.5 Å². The molecule has 0 radical (unpaired) electrons. The molecule has 7 nitrogen and oxygen atoms in total. The summed E-state index contributed by atoms with van der Waals surface area (Å²) in [5.41, 5.74) is 2.32. The van der Waals surface area contributed by atoms with Crippen molar-refractivity contribution in [2.75, 3.05) is 20.3 Å². The van der Waals surface area contributed by atoms with E-state index in [0.29, 0.717) is 40.4 Å². The van der Waals surface area contributed by atoms with Crippen molar-refractivity contribution >= 4 is 21.8 Å². The van der Waals surface area contributed by atoms with Crippen LogP contribution in [0.5, 0.6) is 23.1 Å². The van der Waals surface area contributed by atoms with Crippen molar-refractivity contribution in [1.29, 1.82) is 0 Å². The maximum absolute atomic E-state index is 15.1. The zero-order valence-electron chi connectivity index (χ0n) is 20.8. The number of aromatic amines is 1. The van der Waals surface area contributed by atoms with Gasteiger partial charge in [0, 0.05) is 34.2 Å². The van der Waals surface area contributed by atoms with Crippen molar-refractivity contribution in [1.82, 2.24) is 19.9 Å². The Kier molecular flexibility index (Phi) is 6.01. The van der Waals surface area contributed by atoms with Crippen LogP contribution in [-0.4, -0.2) is 51.7 Å². The van der Waals surface area contributed by atoms with Crippen molar-refractivity contribution in [3.8, 4) is 23.1 Å². The molecule has 0 amide bonds. The number of hydrogen-bond acceptors (Lipinski definition) is 6. The number of H-pyrrole nitrogens is 1. The quantitative estimate of drug-likeness (QED) is 0.366. The molecule has 0 bridgehead atoms. The van der Waals surface area contributed by atoms with Crippen LogP contribution >= 0.6 is 0 Å². The fourth-order valence-corrected chi connectivity index (χ4v) is 4.94. The van der Waals surface area contributed by atoms with Gasteiger partial charge in [-0.05, 0) is 71.3 Å². The number of nitrogens with zero attached hydrogens (tertiary/aromatic N) is 3. The molecule has 1 aliphatic rings. The zero-order chi connectivity index (χ0) is 24.7. The third kappa shape index (κ3) is 4.50. The first-order chi connectivity index (χ1) is 16.7. The Morgan fingerprint density at radius 3 is 2.69 bits per heavy atom. The van der Waals surface area contributed by atoms with Gasteiger partial charge in [0.15, 0.2) is 23.1 Å². The second kappa shape index (κ2) is 9.00. The van der Waals surface area contributed by atoms with Gasteiger partial charge in [0.2, 0.25) is 5.88 Å². The number of ether oxygens (including phenoxy) is 3. The molecule has 1 saturated heterocycles. The number of hydrogen-bond donors (Lipinski definition) is 1. The van der Waals surface area contributed by atoms with Crippen LogP contribution in [0, 0.1) is 12.7 Å². The van der Waals surface area contributed by atoms with E-state index in [1.165, 1.54) is 12.7 Å². The lowest BCUT2D eigenvalue weighted by Crippen LogP contribution is -2.46. The van der Waals surface area contributed by atoms with Gasteiger partial charge in [-0.2, -0.15) is 0 Å². The van der Waals surface area contributed by atoms with Crippen LogP contribution in [0.1, 0.15) is 39.3 Å². The van der Waals surface area contributed by atoms with Crippen LogP contribution < -0.4 is 14.2 Å². The molecule has 184 valence electrons. The Morgan fingerprint density at radius 2 is 1.91 bits per heavy atom. The molecule has 2 aromatic heterocycles. The summed E-state index contributed by atoms with van der Waals surface area (Å²) in [6.45, 7) is 10.2. The fraction of sp³-hybridized carbons (Fsp3) is 0.407. The van der Waals surface area contributed by atoms with Gasteiger partial charge in [-0.15, -0.1) is 0 Å². The molecular weight excluding hydrogens is 447 g/mol. The molecule has 35 heavy (non-hydrogen) atoms. The van der Waals surface area contributed by atoms with Crippen LogP contribution in [0.4, 0.5) is 4.39 Å². The second-order valence-electron chi connectivity index (χ2n) is 10.1. The smallest absolute Gasteiger partial charge is 0.230 e. The average Bonchev–Trinajstić information content (AvgIpc) is 3.45. The molecule has 0 saturated carbocycles. The highest BCUT2D eigenvalue weighted by molar-refractivity contribution is 5.87. The molecule has 1 aliphatic heterocycles. The molecule has 0 unspecified atom stereocenters. The highest BCUT2D eigenvalue weighted by Crippen LogP contribution is 2.38. The molecule has 2 aromatic carbocycles.